The average molecular weight is 258 g/mol. The number of carbonyl (C=O) groups is 1. The van der Waals surface area contributed by atoms with Crippen molar-refractivity contribution < 1.29 is 9.90 Å². The van der Waals surface area contributed by atoms with E-state index in [1.165, 1.54) is 0 Å². The molecule has 1 aromatic heterocycles. The summed E-state index contributed by atoms with van der Waals surface area (Å²) in [6.07, 6.45) is 0.708. The van der Waals surface area contributed by atoms with Gasteiger partial charge in [0.15, 0.2) is 0 Å². The first-order chi connectivity index (χ1) is 8.99. The van der Waals surface area contributed by atoms with E-state index < -0.39 is 5.97 Å². The number of rotatable bonds is 4. The minimum absolute atomic E-state index is 0.157. The molecule has 19 heavy (non-hydrogen) atoms. The molecule has 0 aliphatic heterocycles. The van der Waals surface area contributed by atoms with Crippen LogP contribution in [0.1, 0.15) is 29.2 Å². The molecule has 2 rings (SSSR count). The second kappa shape index (κ2) is 5.26. The maximum absolute atomic E-state index is 10.6. The lowest BCUT2D eigenvalue weighted by atomic mass is 10.1. The molecule has 2 aromatic rings. The molecule has 4 nitrogen and oxygen atoms in total. The van der Waals surface area contributed by atoms with Crippen LogP contribution in [-0.2, 0) is 11.2 Å². The van der Waals surface area contributed by atoms with Gasteiger partial charge in [0.25, 0.3) is 0 Å². The van der Waals surface area contributed by atoms with Crippen LogP contribution in [0.4, 0.5) is 0 Å². The third kappa shape index (κ3) is 2.84. The maximum Gasteiger partial charge on any atom is 0.303 e. The van der Waals surface area contributed by atoms with Crippen molar-refractivity contribution >= 4 is 5.97 Å². The van der Waals surface area contributed by atoms with E-state index in [1.54, 1.807) is 0 Å². The Bertz CT molecular complexity index is 615. The lowest BCUT2D eigenvalue weighted by Crippen LogP contribution is -2.02. The van der Waals surface area contributed by atoms with E-state index in [2.05, 4.69) is 9.55 Å². The quantitative estimate of drug-likeness (QED) is 0.917. The van der Waals surface area contributed by atoms with E-state index >= 15 is 0 Å². The summed E-state index contributed by atoms with van der Waals surface area (Å²) < 4.78 is 2.10. The van der Waals surface area contributed by atoms with Gasteiger partial charge < -0.3 is 9.67 Å². The molecule has 4 heteroatoms. The summed E-state index contributed by atoms with van der Waals surface area (Å²) in [7, 11) is 0. The Kier molecular flexibility index (Phi) is 3.69. The lowest BCUT2D eigenvalue weighted by molar-refractivity contribution is -0.136. The van der Waals surface area contributed by atoms with Crippen LogP contribution in [0.5, 0.6) is 0 Å². The monoisotopic (exact) mass is 258 g/mol. The van der Waals surface area contributed by atoms with Crippen LogP contribution in [0.3, 0.4) is 0 Å². The third-order valence-corrected chi connectivity index (χ3v) is 3.31. The normalized spacial score (nSPS) is 10.7. The summed E-state index contributed by atoms with van der Waals surface area (Å²) in [6, 6.07) is 7.97. The minimum Gasteiger partial charge on any atom is -0.481 e. The van der Waals surface area contributed by atoms with Gasteiger partial charge in [-0.2, -0.15) is 0 Å². The van der Waals surface area contributed by atoms with Gasteiger partial charge in [-0.3, -0.25) is 4.79 Å². The Morgan fingerprint density at radius 1 is 1.32 bits per heavy atom. The van der Waals surface area contributed by atoms with Crippen LogP contribution in [0.25, 0.3) is 5.69 Å². The fourth-order valence-corrected chi connectivity index (χ4v) is 2.26. The van der Waals surface area contributed by atoms with Crippen molar-refractivity contribution in [2.24, 2.45) is 0 Å². The number of carboxylic acids is 1. The van der Waals surface area contributed by atoms with Crippen LogP contribution in [-0.4, -0.2) is 20.6 Å². The molecule has 0 atom stereocenters. The summed E-state index contributed by atoms with van der Waals surface area (Å²) >= 11 is 0. The summed E-state index contributed by atoms with van der Waals surface area (Å²) in [4.78, 5) is 15.1. The Hall–Kier alpha value is -2.10. The molecular formula is C15H18N2O2. The van der Waals surface area contributed by atoms with E-state index in [9.17, 15) is 4.79 Å². The van der Waals surface area contributed by atoms with Gasteiger partial charge in [-0.05, 0) is 44.9 Å². The van der Waals surface area contributed by atoms with Gasteiger partial charge in [0.1, 0.15) is 5.82 Å². The van der Waals surface area contributed by atoms with Crippen molar-refractivity contribution in [2.45, 2.75) is 33.6 Å². The molecule has 0 bridgehead atoms. The van der Waals surface area contributed by atoms with Crippen molar-refractivity contribution in [1.82, 2.24) is 9.55 Å². The van der Waals surface area contributed by atoms with Crippen molar-refractivity contribution in [3.8, 4) is 5.69 Å². The Labute approximate surface area is 112 Å². The van der Waals surface area contributed by atoms with E-state index in [1.807, 2.05) is 45.0 Å². The molecule has 0 aliphatic rings. The molecule has 0 aliphatic carbocycles. The van der Waals surface area contributed by atoms with Crippen molar-refractivity contribution in [1.29, 1.82) is 0 Å². The van der Waals surface area contributed by atoms with E-state index in [4.69, 9.17) is 5.11 Å². The van der Waals surface area contributed by atoms with Crippen molar-refractivity contribution in [3.63, 3.8) is 0 Å². The summed E-state index contributed by atoms with van der Waals surface area (Å²) in [5.74, 6) is 0.182. The number of hydrogen-bond donors (Lipinski definition) is 1. The number of benzene rings is 1. The number of aliphatic carboxylic acids is 1. The van der Waals surface area contributed by atoms with Gasteiger partial charge >= 0.3 is 5.97 Å². The topological polar surface area (TPSA) is 55.1 Å². The molecule has 0 fully saturated rings. The lowest BCUT2D eigenvalue weighted by Gasteiger charge is -2.10. The summed E-state index contributed by atoms with van der Waals surface area (Å²) in [6.45, 7) is 6.01. The molecule has 0 saturated heterocycles. The molecule has 0 saturated carbocycles. The molecule has 0 unspecified atom stereocenters. The van der Waals surface area contributed by atoms with Crippen molar-refractivity contribution in [3.05, 3.63) is 47.0 Å². The zero-order chi connectivity index (χ0) is 14.0. The standard InChI is InChI=1S/C15H18N2O2/c1-10-11(2)17(12(3)16-10)14-6-4-5-13(9-14)7-8-15(18)19/h4-6,9H,7-8H2,1-3H3,(H,18,19). The fraction of sp³-hybridized carbons (Fsp3) is 0.333. The molecule has 1 aromatic carbocycles. The van der Waals surface area contributed by atoms with Crippen LogP contribution < -0.4 is 0 Å². The van der Waals surface area contributed by atoms with Gasteiger partial charge in [0, 0.05) is 17.8 Å². The highest BCUT2D eigenvalue weighted by atomic mass is 16.4. The predicted molar refractivity (Wildman–Crippen MR) is 73.7 cm³/mol. The number of aryl methyl sites for hydroxylation is 3. The number of hydrogen-bond acceptors (Lipinski definition) is 2. The Morgan fingerprint density at radius 3 is 2.63 bits per heavy atom. The fourth-order valence-electron chi connectivity index (χ4n) is 2.26. The van der Waals surface area contributed by atoms with Gasteiger partial charge in [-0.25, -0.2) is 4.98 Å². The first kappa shape index (κ1) is 13.3. The summed E-state index contributed by atoms with van der Waals surface area (Å²) in [5, 5.41) is 8.74. The number of aromatic nitrogens is 2. The van der Waals surface area contributed by atoms with Crippen LogP contribution >= 0.6 is 0 Å². The van der Waals surface area contributed by atoms with Crippen molar-refractivity contribution in [2.75, 3.05) is 0 Å². The van der Waals surface area contributed by atoms with Gasteiger partial charge in [0.2, 0.25) is 0 Å². The first-order valence-corrected chi connectivity index (χ1v) is 6.32. The smallest absolute Gasteiger partial charge is 0.303 e. The zero-order valence-electron chi connectivity index (χ0n) is 11.5. The number of imidazole rings is 1. The Balaban J connectivity index is 2.35. The molecular weight excluding hydrogens is 240 g/mol. The largest absolute Gasteiger partial charge is 0.481 e. The van der Waals surface area contributed by atoms with Gasteiger partial charge in [0.05, 0.1) is 5.69 Å². The summed E-state index contributed by atoms with van der Waals surface area (Å²) in [5.41, 5.74) is 4.21. The molecule has 100 valence electrons. The van der Waals surface area contributed by atoms with Gasteiger partial charge in [-0.15, -0.1) is 0 Å². The number of carboxylic acid groups (broad SMARTS) is 1. The van der Waals surface area contributed by atoms with E-state index in [-0.39, 0.29) is 6.42 Å². The molecule has 0 radical (unpaired) electrons. The molecule has 0 spiro atoms. The number of nitrogens with zero attached hydrogens (tertiary/aromatic N) is 2. The molecule has 0 amide bonds. The average Bonchev–Trinajstić information content (AvgIpc) is 2.61. The van der Waals surface area contributed by atoms with Gasteiger partial charge in [-0.1, -0.05) is 12.1 Å². The van der Waals surface area contributed by atoms with E-state index in [0.717, 1.165) is 28.5 Å². The maximum atomic E-state index is 10.6. The van der Waals surface area contributed by atoms with Crippen LogP contribution in [0.15, 0.2) is 24.3 Å². The predicted octanol–water partition coefficient (Wildman–Crippen LogP) is 2.81. The van der Waals surface area contributed by atoms with Crippen LogP contribution in [0.2, 0.25) is 0 Å². The highest BCUT2D eigenvalue weighted by Crippen LogP contribution is 2.18. The van der Waals surface area contributed by atoms with E-state index in [0.29, 0.717) is 6.42 Å². The molecule has 1 heterocycles. The zero-order valence-corrected chi connectivity index (χ0v) is 11.5. The SMILES string of the molecule is Cc1nc(C)n(-c2cccc(CCC(=O)O)c2)c1C. The Morgan fingerprint density at radius 2 is 2.05 bits per heavy atom. The second-order valence-electron chi connectivity index (χ2n) is 4.73. The third-order valence-electron chi connectivity index (χ3n) is 3.31. The first-order valence-electron chi connectivity index (χ1n) is 6.32. The highest BCUT2D eigenvalue weighted by Gasteiger charge is 2.09. The minimum atomic E-state index is -0.767. The second-order valence-corrected chi connectivity index (χ2v) is 4.73. The highest BCUT2D eigenvalue weighted by molar-refractivity contribution is 5.67. The van der Waals surface area contributed by atoms with Crippen LogP contribution in [0, 0.1) is 20.8 Å². The molecule has 1 N–H and O–H groups in total.